The lowest BCUT2D eigenvalue weighted by molar-refractivity contribution is -0.115. The van der Waals surface area contributed by atoms with Crippen LogP contribution in [-0.2, 0) is 14.8 Å². The molecule has 0 spiro atoms. The molecule has 20 heavy (non-hydrogen) atoms. The Morgan fingerprint density at radius 1 is 1.30 bits per heavy atom. The fraction of sp³-hybridized carbons (Fsp3) is 0.462. The Balaban J connectivity index is 2.18. The number of halogens is 1. The van der Waals surface area contributed by atoms with Crippen molar-refractivity contribution >= 4 is 37.5 Å². The van der Waals surface area contributed by atoms with Crippen molar-refractivity contribution < 1.29 is 13.2 Å². The number of nitrogens with zero attached hydrogens (tertiary/aromatic N) is 1. The highest BCUT2D eigenvalue weighted by atomic mass is 79.9. The van der Waals surface area contributed by atoms with Gasteiger partial charge in [-0.15, -0.1) is 0 Å². The zero-order valence-electron chi connectivity index (χ0n) is 11.0. The van der Waals surface area contributed by atoms with E-state index in [1.54, 1.807) is 18.2 Å². The number of anilines is 1. The average Bonchev–Trinajstić information content (AvgIpc) is 2.94. The van der Waals surface area contributed by atoms with E-state index < -0.39 is 10.0 Å². The van der Waals surface area contributed by atoms with Gasteiger partial charge in [0.15, 0.2) is 0 Å². The summed E-state index contributed by atoms with van der Waals surface area (Å²) in [6.45, 7) is 1.14. The van der Waals surface area contributed by atoms with E-state index in [1.807, 2.05) is 0 Å². The summed E-state index contributed by atoms with van der Waals surface area (Å²) in [4.78, 5) is 11.8. The topological polar surface area (TPSA) is 66.5 Å². The number of carbonyl (C=O) groups is 1. The second-order valence-corrected chi connectivity index (χ2v) is 7.36. The van der Waals surface area contributed by atoms with E-state index in [9.17, 15) is 13.2 Å². The molecular formula is C13H17BrN2O3S. The minimum atomic E-state index is -3.44. The van der Waals surface area contributed by atoms with Crippen LogP contribution in [0.4, 0.5) is 5.69 Å². The molecule has 1 aliphatic heterocycles. The van der Waals surface area contributed by atoms with Gasteiger partial charge in [-0.05, 0) is 31.0 Å². The van der Waals surface area contributed by atoms with Gasteiger partial charge < -0.3 is 5.32 Å². The lowest BCUT2D eigenvalue weighted by Crippen LogP contribution is -2.27. The van der Waals surface area contributed by atoms with E-state index in [2.05, 4.69) is 21.2 Å². The quantitative estimate of drug-likeness (QED) is 0.818. The molecule has 1 saturated heterocycles. The third-order valence-electron chi connectivity index (χ3n) is 3.14. The van der Waals surface area contributed by atoms with Crippen molar-refractivity contribution in [2.24, 2.45) is 0 Å². The number of carbonyl (C=O) groups excluding carboxylic acids is 1. The number of amides is 1. The molecule has 5 nitrogen and oxygen atoms in total. The summed E-state index contributed by atoms with van der Waals surface area (Å²) in [5.41, 5.74) is 0.510. The summed E-state index contributed by atoms with van der Waals surface area (Å²) in [6.07, 6.45) is 2.16. The second-order valence-electron chi connectivity index (χ2n) is 4.63. The molecule has 1 heterocycles. The average molecular weight is 361 g/mol. The Labute approximate surface area is 127 Å². The predicted octanol–water partition coefficient (Wildman–Crippen LogP) is 2.19. The summed E-state index contributed by atoms with van der Waals surface area (Å²) in [6, 6.07) is 6.41. The second kappa shape index (κ2) is 6.69. The lowest BCUT2D eigenvalue weighted by atomic mass is 10.3. The maximum Gasteiger partial charge on any atom is 0.243 e. The van der Waals surface area contributed by atoms with Gasteiger partial charge in [0.25, 0.3) is 0 Å². The molecular weight excluding hydrogens is 344 g/mol. The zero-order valence-corrected chi connectivity index (χ0v) is 13.4. The third kappa shape index (κ3) is 3.59. The fourth-order valence-electron chi connectivity index (χ4n) is 2.12. The number of rotatable bonds is 5. The standard InChI is InChI=1S/C13H17BrN2O3S/c14-7-6-13(17)15-11-4-3-5-12(10-11)20(18,19)16-8-1-2-9-16/h3-5,10H,1-2,6-9H2,(H,15,17). The molecule has 1 fully saturated rings. The van der Waals surface area contributed by atoms with Crippen LogP contribution >= 0.6 is 15.9 Å². The highest BCUT2D eigenvalue weighted by Crippen LogP contribution is 2.23. The summed E-state index contributed by atoms with van der Waals surface area (Å²) in [5.74, 6) is -0.141. The van der Waals surface area contributed by atoms with Crippen molar-refractivity contribution in [1.29, 1.82) is 0 Å². The molecule has 2 rings (SSSR count). The van der Waals surface area contributed by atoms with Crippen molar-refractivity contribution in [2.45, 2.75) is 24.2 Å². The minimum Gasteiger partial charge on any atom is -0.326 e. The van der Waals surface area contributed by atoms with Crippen LogP contribution in [0.1, 0.15) is 19.3 Å². The first-order chi connectivity index (χ1) is 9.54. The molecule has 0 radical (unpaired) electrons. The molecule has 0 atom stereocenters. The molecule has 0 aromatic heterocycles. The monoisotopic (exact) mass is 360 g/mol. The molecule has 1 amide bonds. The lowest BCUT2D eigenvalue weighted by Gasteiger charge is -2.16. The van der Waals surface area contributed by atoms with Crippen molar-refractivity contribution in [3.63, 3.8) is 0 Å². The molecule has 1 aliphatic rings. The first kappa shape index (κ1) is 15.5. The predicted molar refractivity (Wildman–Crippen MR) is 81.5 cm³/mol. The Hall–Kier alpha value is -0.920. The molecule has 110 valence electrons. The maximum absolute atomic E-state index is 12.4. The fourth-order valence-corrected chi connectivity index (χ4v) is 4.04. The van der Waals surface area contributed by atoms with E-state index in [-0.39, 0.29) is 10.8 Å². The van der Waals surface area contributed by atoms with Crippen LogP contribution in [0.5, 0.6) is 0 Å². The van der Waals surface area contributed by atoms with Crippen LogP contribution in [-0.4, -0.2) is 37.0 Å². The molecule has 7 heteroatoms. The van der Waals surface area contributed by atoms with Gasteiger partial charge in [0.2, 0.25) is 15.9 Å². The Morgan fingerprint density at radius 3 is 2.65 bits per heavy atom. The van der Waals surface area contributed by atoms with Gasteiger partial charge in [-0.1, -0.05) is 22.0 Å². The van der Waals surface area contributed by atoms with E-state index in [4.69, 9.17) is 0 Å². The molecule has 1 aromatic carbocycles. The SMILES string of the molecule is O=C(CCBr)Nc1cccc(S(=O)(=O)N2CCCC2)c1. The highest BCUT2D eigenvalue weighted by molar-refractivity contribution is 9.09. The van der Waals surface area contributed by atoms with Gasteiger partial charge in [0.05, 0.1) is 4.90 Å². The Kier molecular flexibility index (Phi) is 5.17. The van der Waals surface area contributed by atoms with Crippen molar-refractivity contribution in [1.82, 2.24) is 4.31 Å². The smallest absolute Gasteiger partial charge is 0.243 e. The van der Waals surface area contributed by atoms with Crippen molar-refractivity contribution in [2.75, 3.05) is 23.7 Å². The summed E-state index contributed by atoms with van der Waals surface area (Å²) >= 11 is 3.19. The Bertz CT molecular complexity index is 583. The number of sulfonamides is 1. The maximum atomic E-state index is 12.4. The van der Waals surface area contributed by atoms with Crippen LogP contribution in [0.25, 0.3) is 0 Å². The van der Waals surface area contributed by atoms with Gasteiger partial charge in [-0.2, -0.15) is 4.31 Å². The van der Waals surface area contributed by atoms with E-state index in [0.717, 1.165) is 12.8 Å². The number of benzene rings is 1. The summed E-state index contributed by atoms with van der Waals surface area (Å²) in [7, 11) is -3.44. The molecule has 1 aromatic rings. The molecule has 0 saturated carbocycles. The largest absolute Gasteiger partial charge is 0.326 e. The molecule has 0 aliphatic carbocycles. The number of alkyl halides is 1. The number of nitrogens with one attached hydrogen (secondary N) is 1. The highest BCUT2D eigenvalue weighted by Gasteiger charge is 2.27. The van der Waals surface area contributed by atoms with Gasteiger partial charge in [0, 0.05) is 30.5 Å². The van der Waals surface area contributed by atoms with Gasteiger partial charge in [-0.3, -0.25) is 4.79 Å². The molecule has 0 unspecified atom stereocenters. The van der Waals surface area contributed by atoms with Gasteiger partial charge in [0.1, 0.15) is 0 Å². The number of hydrogen-bond acceptors (Lipinski definition) is 3. The first-order valence-electron chi connectivity index (χ1n) is 6.50. The van der Waals surface area contributed by atoms with Crippen LogP contribution in [0, 0.1) is 0 Å². The normalized spacial score (nSPS) is 16.2. The van der Waals surface area contributed by atoms with Gasteiger partial charge >= 0.3 is 0 Å². The summed E-state index contributed by atoms with van der Waals surface area (Å²) < 4.78 is 26.3. The van der Waals surface area contributed by atoms with Crippen LogP contribution in [0.2, 0.25) is 0 Å². The van der Waals surface area contributed by atoms with E-state index in [1.165, 1.54) is 10.4 Å². The number of hydrogen-bond donors (Lipinski definition) is 1. The zero-order chi connectivity index (χ0) is 14.6. The third-order valence-corrected chi connectivity index (χ3v) is 5.43. The summed E-state index contributed by atoms with van der Waals surface area (Å²) in [5, 5.41) is 3.27. The van der Waals surface area contributed by atoms with Crippen LogP contribution in [0.3, 0.4) is 0 Å². The van der Waals surface area contributed by atoms with Crippen LogP contribution < -0.4 is 5.32 Å². The molecule has 1 N–H and O–H groups in total. The van der Waals surface area contributed by atoms with Gasteiger partial charge in [-0.25, -0.2) is 8.42 Å². The van der Waals surface area contributed by atoms with Crippen LogP contribution in [0.15, 0.2) is 29.2 Å². The van der Waals surface area contributed by atoms with Crippen molar-refractivity contribution in [3.05, 3.63) is 24.3 Å². The molecule has 0 bridgehead atoms. The Morgan fingerprint density at radius 2 is 2.00 bits per heavy atom. The van der Waals surface area contributed by atoms with E-state index in [0.29, 0.717) is 30.5 Å². The van der Waals surface area contributed by atoms with E-state index >= 15 is 0 Å². The van der Waals surface area contributed by atoms with Crippen molar-refractivity contribution in [3.8, 4) is 0 Å². The minimum absolute atomic E-state index is 0.141. The first-order valence-corrected chi connectivity index (χ1v) is 9.06.